The molecule has 6 N–H and O–H groups in total. The van der Waals surface area contributed by atoms with E-state index in [9.17, 15) is 38.2 Å². The Hall–Kier alpha value is -1.68. The molecule has 1 amide bonds. The van der Waals surface area contributed by atoms with Crippen LogP contribution in [0.2, 0.25) is 0 Å². The standard InChI is InChI=1S/C69H131NO11S/c1-3-5-7-9-11-13-15-17-19-21-22-23-24-25-26-27-28-29-30-31-32-33-34-35-36-37-38-39-40-41-42-43-45-47-49-51-53-55-57-59-65(73)70-62(61-79-69-67(75)68(81-82(76,77)78)66(74)64(60-71)80-69)63(72)58-56-54-52-50-48-46-44-20-18-16-14-12-10-8-6-4-2/h28-29,31-32,56,58,62-64,66-69,71-72,74-75H,3-27,30,33-55,57,59-61H2,1-2H3,(H,70,73)(H,76,77,78)/b29-28-,32-31-,58-56+. The van der Waals surface area contributed by atoms with Gasteiger partial charge in [-0.3, -0.25) is 9.35 Å². The quantitative estimate of drug-likeness (QED) is 0.0193. The Morgan fingerprint density at radius 2 is 0.817 bits per heavy atom. The average Bonchev–Trinajstić information content (AvgIpc) is 3.62. The average molecular weight is 1180 g/mol. The Morgan fingerprint density at radius 3 is 1.16 bits per heavy atom. The first-order valence-electron chi connectivity index (χ1n) is 34.9. The van der Waals surface area contributed by atoms with Crippen LogP contribution in [0.5, 0.6) is 0 Å². The predicted octanol–water partition coefficient (Wildman–Crippen LogP) is 18.1. The number of nitrogens with one attached hydrogen (secondary N) is 1. The summed E-state index contributed by atoms with van der Waals surface area (Å²) in [5.74, 6) is -0.258. The fourth-order valence-corrected chi connectivity index (χ4v) is 11.8. The molecule has 1 heterocycles. The number of carbonyl (C=O) groups excluding carboxylic acids is 1. The van der Waals surface area contributed by atoms with Crippen molar-refractivity contribution in [3.05, 3.63) is 36.5 Å². The molecule has 1 rings (SSSR count). The van der Waals surface area contributed by atoms with Crippen molar-refractivity contribution in [2.75, 3.05) is 13.2 Å². The second-order valence-corrected chi connectivity index (χ2v) is 25.5. The van der Waals surface area contributed by atoms with Crippen molar-refractivity contribution in [1.82, 2.24) is 5.32 Å². The van der Waals surface area contributed by atoms with Crippen LogP contribution < -0.4 is 5.32 Å². The summed E-state index contributed by atoms with van der Waals surface area (Å²) in [7, 11) is -5.09. The normalized spacial score (nSPS) is 18.6. The van der Waals surface area contributed by atoms with E-state index in [1.165, 1.54) is 270 Å². The molecule has 0 aromatic carbocycles. The fraction of sp³-hybridized carbons (Fsp3) is 0.899. The van der Waals surface area contributed by atoms with Gasteiger partial charge in [-0.05, 0) is 51.4 Å². The summed E-state index contributed by atoms with van der Waals surface area (Å²) in [6, 6.07) is -0.944. The van der Waals surface area contributed by atoms with Gasteiger partial charge >= 0.3 is 10.4 Å². The van der Waals surface area contributed by atoms with Crippen molar-refractivity contribution < 1.29 is 51.8 Å². The van der Waals surface area contributed by atoms with Crippen LogP contribution in [0, 0.1) is 0 Å². The van der Waals surface area contributed by atoms with Crippen LogP contribution in [0.25, 0.3) is 0 Å². The number of hydrogen-bond acceptors (Lipinski definition) is 10. The number of hydrogen-bond donors (Lipinski definition) is 6. The lowest BCUT2D eigenvalue weighted by molar-refractivity contribution is -0.298. The van der Waals surface area contributed by atoms with Crippen molar-refractivity contribution in [3.8, 4) is 0 Å². The minimum absolute atomic E-state index is 0.258. The second-order valence-electron chi connectivity index (χ2n) is 24.5. The van der Waals surface area contributed by atoms with E-state index in [2.05, 4.69) is 47.7 Å². The van der Waals surface area contributed by atoms with E-state index in [1.807, 2.05) is 6.08 Å². The molecule has 0 spiro atoms. The summed E-state index contributed by atoms with van der Waals surface area (Å²) in [5, 5.41) is 45.1. The van der Waals surface area contributed by atoms with Crippen LogP contribution in [-0.4, -0.2) is 95.4 Å². The third kappa shape index (κ3) is 49.4. The Balaban J connectivity index is 2.16. The smallest absolute Gasteiger partial charge is 0.394 e. The fourth-order valence-electron chi connectivity index (χ4n) is 11.3. The summed E-state index contributed by atoms with van der Waals surface area (Å²) in [5.41, 5.74) is 0. The SMILES string of the molecule is CCCCCCCCCCCCCCCC/C=C/C(O)C(COC1OC(CO)C(O)C(OS(=O)(=O)O)C1O)NC(=O)CCCCCCCCCCCCCCCCCCC/C=C\C/C=C\CCCCCCCCCCCCCCCCC. The number of unbranched alkanes of at least 4 members (excludes halogenated alkanes) is 46. The van der Waals surface area contributed by atoms with Crippen molar-refractivity contribution >= 4 is 16.3 Å². The maximum absolute atomic E-state index is 13.2. The molecule has 0 aromatic heterocycles. The second kappa shape index (κ2) is 58.3. The number of aliphatic hydroxyl groups is 4. The number of carbonyl (C=O) groups is 1. The lowest BCUT2D eigenvalue weighted by Gasteiger charge is -2.41. The molecule has 7 unspecified atom stereocenters. The summed E-state index contributed by atoms with van der Waals surface area (Å²) in [6.07, 6.45) is 68.1. The number of amides is 1. The van der Waals surface area contributed by atoms with Crippen LogP contribution in [0.1, 0.15) is 341 Å². The molecule has 0 saturated carbocycles. The first-order valence-corrected chi connectivity index (χ1v) is 36.2. The van der Waals surface area contributed by atoms with Crippen molar-refractivity contribution in [2.45, 2.75) is 384 Å². The Bertz CT molecular complexity index is 1580. The Kier molecular flexibility index (Phi) is 55.7. The van der Waals surface area contributed by atoms with Crippen LogP contribution in [0.4, 0.5) is 0 Å². The molecule has 1 aliphatic heterocycles. The highest BCUT2D eigenvalue weighted by Crippen LogP contribution is 2.26. The van der Waals surface area contributed by atoms with Crippen LogP contribution in [0.15, 0.2) is 36.5 Å². The minimum Gasteiger partial charge on any atom is -0.394 e. The zero-order chi connectivity index (χ0) is 59.7. The van der Waals surface area contributed by atoms with Gasteiger partial charge in [-0.1, -0.05) is 320 Å². The van der Waals surface area contributed by atoms with Gasteiger partial charge < -0.3 is 35.2 Å². The van der Waals surface area contributed by atoms with Gasteiger partial charge in [0.05, 0.1) is 25.4 Å². The molecule has 12 nitrogen and oxygen atoms in total. The molecular formula is C69H131NO11S. The topological polar surface area (TPSA) is 192 Å². The summed E-state index contributed by atoms with van der Waals surface area (Å²) in [6.45, 7) is 3.44. The van der Waals surface area contributed by atoms with E-state index in [1.54, 1.807) is 6.08 Å². The van der Waals surface area contributed by atoms with Gasteiger partial charge in [0.1, 0.15) is 24.4 Å². The van der Waals surface area contributed by atoms with Gasteiger partial charge in [0.25, 0.3) is 0 Å². The number of allylic oxidation sites excluding steroid dienone is 5. The molecule has 1 aliphatic rings. The Morgan fingerprint density at radius 1 is 0.488 bits per heavy atom. The largest absolute Gasteiger partial charge is 0.397 e. The zero-order valence-electron chi connectivity index (χ0n) is 53.1. The maximum atomic E-state index is 13.2. The predicted molar refractivity (Wildman–Crippen MR) is 342 cm³/mol. The van der Waals surface area contributed by atoms with Crippen LogP contribution in [0.3, 0.4) is 0 Å². The highest BCUT2D eigenvalue weighted by atomic mass is 32.3. The van der Waals surface area contributed by atoms with E-state index >= 15 is 0 Å². The number of aliphatic hydroxyl groups excluding tert-OH is 4. The molecule has 1 saturated heterocycles. The van der Waals surface area contributed by atoms with Gasteiger partial charge in [0, 0.05) is 6.42 Å². The monoisotopic (exact) mass is 1180 g/mol. The van der Waals surface area contributed by atoms with Gasteiger partial charge in [-0.15, -0.1) is 0 Å². The van der Waals surface area contributed by atoms with E-state index in [-0.39, 0.29) is 18.9 Å². The third-order valence-electron chi connectivity index (χ3n) is 16.7. The number of rotatable bonds is 62. The van der Waals surface area contributed by atoms with Gasteiger partial charge in [-0.25, -0.2) is 4.18 Å². The summed E-state index contributed by atoms with van der Waals surface area (Å²) in [4.78, 5) is 13.2. The number of ether oxygens (including phenoxy) is 2. The van der Waals surface area contributed by atoms with Crippen molar-refractivity contribution in [2.24, 2.45) is 0 Å². The molecule has 0 aliphatic carbocycles. The van der Waals surface area contributed by atoms with E-state index in [4.69, 9.17) is 9.47 Å². The molecular weight excluding hydrogens is 1050 g/mol. The van der Waals surface area contributed by atoms with E-state index < -0.39 is 59.9 Å². The minimum atomic E-state index is -5.09. The summed E-state index contributed by atoms with van der Waals surface area (Å²) < 4.78 is 47.9. The van der Waals surface area contributed by atoms with Gasteiger partial charge in [-0.2, -0.15) is 8.42 Å². The first kappa shape index (κ1) is 78.3. The van der Waals surface area contributed by atoms with E-state index in [0.29, 0.717) is 6.42 Å². The summed E-state index contributed by atoms with van der Waals surface area (Å²) >= 11 is 0. The molecule has 82 heavy (non-hydrogen) atoms. The highest BCUT2D eigenvalue weighted by Gasteiger charge is 2.48. The van der Waals surface area contributed by atoms with Crippen LogP contribution >= 0.6 is 0 Å². The van der Waals surface area contributed by atoms with Crippen molar-refractivity contribution in [1.29, 1.82) is 0 Å². The Labute approximate surface area is 505 Å². The van der Waals surface area contributed by atoms with Gasteiger partial charge in [0.15, 0.2) is 6.29 Å². The molecule has 0 bridgehead atoms. The first-order chi connectivity index (χ1) is 40.0. The lowest BCUT2D eigenvalue weighted by atomic mass is 9.99. The van der Waals surface area contributed by atoms with Gasteiger partial charge in [0.2, 0.25) is 5.91 Å². The molecule has 7 atom stereocenters. The third-order valence-corrected chi connectivity index (χ3v) is 17.1. The zero-order valence-corrected chi connectivity index (χ0v) is 53.9. The molecule has 0 aromatic rings. The molecule has 0 radical (unpaired) electrons. The maximum Gasteiger partial charge on any atom is 0.397 e. The lowest BCUT2D eigenvalue weighted by Crippen LogP contribution is -2.61. The van der Waals surface area contributed by atoms with E-state index in [0.717, 1.165) is 44.9 Å². The van der Waals surface area contributed by atoms with Crippen LogP contribution in [-0.2, 0) is 28.9 Å². The molecule has 484 valence electrons. The van der Waals surface area contributed by atoms with Crippen molar-refractivity contribution in [3.63, 3.8) is 0 Å². The molecule has 13 heteroatoms. The highest BCUT2D eigenvalue weighted by molar-refractivity contribution is 7.80. The molecule has 1 fully saturated rings.